The molecule has 0 atom stereocenters. The van der Waals surface area contributed by atoms with E-state index in [0.717, 1.165) is 31.5 Å². The fourth-order valence-electron chi connectivity index (χ4n) is 2.77. The van der Waals surface area contributed by atoms with Crippen LogP contribution in [-0.4, -0.2) is 37.1 Å². The number of carbonyl (C=O) groups is 1. The predicted molar refractivity (Wildman–Crippen MR) is 81.1 cm³/mol. The minimum atomic E-state index is -0.599. The highest BCUT2D eigenvalue weighted by molar-refractivity contribution is 6.31. The molecule has 1 amide bonds. The van der Waals surface area contributed by atoms with Gasteiger partial charge in [-0.15, -0.1) is 0 Å². The predicted octanol–water partition coefficient (Wildman–Crippen LogP) is 3.26. The number of rotatable bonds is 3. The van der Waals surface area contributed by atoms with E-state index in [0.29, 0.717) is 5.02 Å². The number of likely N-dealkylation sites (tertiary alicyclic amines) is 1. The summed E-state index contributed by atoms with van der Waals surface area (Å²) in [6.07, 6.45) is 2.09. The standard InChI is InChI=1S/C16H22ClNO2/c1-16(2,13-6-4-5-7-14(13)17)15(19)18-10-8-12(20-3)9-11-18/h4-7,12H,8-11H2,1-3H3. The van der Waals surface area contributed by atoms with Crippen molar-refractivity contribution in [1.29, 1.82) is 0 Å². The first-order valence-corrected chi connectivity index (χ1v) is 7.41. The van der Waals surface area contributed by atoms with Crippen LogP contribution in [0.3, 0.4) is 0 Å². The minimum Gasteiger partial charge on any atom is -0.381 e. The number of ether oxygens (including phenoxy) is 1. The van der Waals surface area contributed by atoms with Crippen molar-refractivity contribution < 1.29 is 9.53 Å². The number of carbonyl (C=O) groups excluding carboxylic acids is 1. The maximum absolute atomic E-state index is 12.8. The fourth-order valence-corrected chi connectivity index (χ4v) is 3.15. The van der Waals surface area contributed by atoms with E-state index in [2.05, 4.69) is 0 Å². The van der Waals surface area contributed by atoms with Gasteiger partial charge >= 0.3 is 0 Å². The molecule has 0 aromatic heterocycles. The number of halogens is 1. The lowest BCUT2D eigenvalue weighted by molar-refractivity contribution is -0.138. The second-order valence-electron chi connectivity index (χ2n) is 5.83. The molecule has 0 unspecified atom stereocenters. The summed E-state index contributed by atoms with van der Waals surface area (Å²) in [6, 6.07) is 7.58. The lowest BCUT2D eigenvalue weighted by Crippen LogP contribution is -2.48. The average Bonchev–Trinajstić information content (AvgIpc) is 2.47. The van der Waals surface area contributed by atoms with Gasteiger partial charge < -0.3 is 9.64 Å². The van der Waals surface area contributed by atoms with E-state index in [9.17, 15) is 4.79 Å². The Morgan fingerprint density at radius 2 is 1.90 bits per heavy atom. The molecule has 0 bridgehead atoms. The molecule has 1 saturated heterocycles. The van der Waals surface area contributed by atoms with E-state index in [-0.39, 0.29) is 12.0 Å². The van der Waals surface area contributed by atoms with Gasteiger partial charge in [-0.2, -0.15) is 0 Å². The lowest BCUT2D eigenvalue weighted by atomic mass is 9.82. The number of amides is 1. The summed E-state index contributed by atoms with van der Waals surface area (Å²) >= 11 is 6.25. The van der Waals surface area contributed by atoms with Crippen molar-refractivity contribution >= 4 is 17.5 Å². The molecule has 1 aromatic carbocycles. The van der Waals surface area contributed by atoms with E-state index >= 15 is 0 Å². The van der Waals surface area contributed by atoms with Crippen LogP contribution in [0.4, 0.5) is 0 Å². The molecule has 1 fully saturated rings. The van der Waals surface area contributed by atoms with Crippen molar-refractivity contribution in [3.05, 3.63) is 34.9 Å². The van der Waals surface area contributed by atoms with Gasteiger partial charge in [-0.05, 0) is 38.3 Å². The van der Waals surface area contributed by atoms with E-state index in [1.807, 2.05) is 43.0 Å². The summed E-state index contributed by atoms with van der Waals surface area (Å²) in [6.45, 7) is 5.40. The monoisotopic (exact) mass is 295 g/mol. The normalized spacial score (nSPS) is 17.3. The van der Waals surface area contributed by atoms with Crippen LogP contribution >= 0.6 is 11.6 Å². The zero-order chi connectivity index (χ0) is 14.8. The first-order valence-electron chi connectivity index (χ1n) is 7.04. The van der Waals surface area contributed by atoms with E-state index in [1.165, 1.54) is 0 Å². The number of hydrogen-bond donors (Lipinski definition) is 0. The Morgan fingerprint density at radius 3 is 2.45 bits per heavy atom. The van der Waals surface area contributed by atoms with Gasteiger partial charge in [-0.3, -0.25) is 4.79 Å². The molecule has 4 heteroatoms. The molecule has 1 aromatic rings. The third kappa shape index (κ3) is 2.99. The maximum atomic E-state index is 12.8. The van der Waals surface area contributed by atoms with E-state index < -0.39 is 5.41 Å². The van der Waals surface area contributed by atoms with Crippen LogP contribution in [0.15, 0.2) is 24.3 Å². The summed E-state index contributed by atoms with van der Waals surface area (Å²) < 4.78 is 5.35. The number of piperidine rings is 1. The summed E-state index contributed by atoms with van der Waals surface area (Å²) in [5.74, 6) is 0.139. The van der Waals surface area contributed by atoms with Gasteiger partial charge in [0.1, 0.15) is 0 Å². The zero-order valence-electron chi connectivity index (χ0n) is 12.4. The molecule has 1 aliphatic heterocycles. The molecule has 0 spiro atoms. The Bertz CT molecular complexity index is 479. The molecule has 0 N–H and O–H groups in total. The Kier molecular flexibility index (Phi) is 4.71. The highest BCUT2D eigenvalue weighted by atomic mass is 35.5. The summed E-state index contributed by atoms with van der Waals surface area (Å²) in [5.41, 5.74) is 0.290. The molecule has 2 rings (SSSR count). The third-order valence-electron chi connectivity index (χ3n) is 4.14. The van der Waals surface area contributed by atoms with Gasteiger partial charge in [0.15, 0.2) is 0 Å². The van der Waals surface area contributed by atoms with Crippen LogP contribution < -0.4 is 0 Å². The molecular formula is C16H22ClNO2. The number of hydrogen-bond acceptors (Lipinski definition) is 2. The smallest absolute Gasteiger partial charge is 0.232 e. The van der Waals surface area contributed by atoms with Crippen LogP contribution in [0, 0.1) is 0 Å². The largest absolute Gasteiger partial charge is 0.381 e. The molecule has 0 aliphatic carbocycles. The zero-order valence-corrected chi connectivity index (χ0v) is 13.1. The highest BCUT2D eigenvalue weighted by Crippen LogP contribution is 2.32. The Morgan fingerprint density at radius 1 is 1.30 bits per heavy atom. The van der Waals surface area contributed by atoms with E-state index in [1.54, 1.807) is 7.11 Å². The Labute approximate surface area is 125 Å². The van der Waals surface area contributed by atoms with Gasteiger partial charge in [0.25, 0.3) is 0 Å². The fraction of sp³-hybridized carbons (Fsp3) is 0.562. The van der Waals surface area contributed by atoms with Crippen LogP contribution in [-0.2, 0) is 14.9 Å². The SMILES string of the molecule is COC1CCN(C(=O)C(C)(C)c2ccccc2Cl)CC1. The van der Waals surface area contributed by atoms with Crippen molar-refractivity contribution in [2.75, 3.05) is 20.2 Å². The van der Waals surface area contributed by atoms with Crippen molar-refractivity contribution in [3.8, 4) is 0 Å². The van der Waals surface area contributed by atoms with Gasteiger partial charge in [0, 0.05) is 25.2 Å². The van der Waals surface area contributed by atoms with Crippen LogP contribution in [0.25, 0.3) is 0 Å². The molecule has 0 radical (unpaired) electrons. The molecule has 110 valence electrons. The molecule has 0 saturated carbocycles. The first kappa shape index (κ1) is 15.3. The molecular weight excluding hydrogens is 274 g/mol. The van der Waals surface area contributed by atoms with Crippen molar-refractivity contribution in [2.24, 2.45) is 0 Å². The summed E-state index contributed by atoms with van der Waals surface area (Å²) in [5, 5.41) is 0.651. The Balaban J connectivity index is 2.14. The van der Waals surface area contributed by atoms with Crippen LogP contribution in [0.5, 0.6) is 0 Å². The van der Waals surface area contributed by atoms with Gasteiger partial charge in [0.05, 0.1) is 11.5 Å². The third-order valence-corrected chi connectivity index (χ3v) is 4.47. The number of nitrogens with zero attached hydrogens (tertiary/aromatic N) is 1. The molecule has 3 nitrogen and oxygen atoms in total. The van der Waals surface area contributed by atoms with Crippen LogP contribution in [0.2, 0.25) is 5.02 Å². The second kappa shape index (κ2) is 6.15. The van der Waals surface area contributed by atoms with Crippen molar-refractivity contribution in [1.82, 2.24) is 4.90 Å². The van der Waals surface area contributed by atoms with Crippen molar-refractivity contribution in [2.45, 2.75) is 38.2 Å². The Hall–Kier alpha value is -1.06. The second-order valence-corrected chi connectivity index (χ2v) is 6.24. The van der Waals surface area contributed by atoms with Gasteiger partial charge in [-0.1, -0.05) is 29.8 Å². The molecule has 20 heavy (non-hydrogen) atoms. The topological polar surface area (TPSA) is 29.5 Å². The minimum absolute atomic E-state index is 0.139. The maximum Gasteiger partial charge on any atom is 0.232 e. The lowest BCUT2D eigenvalue weighted by Gasteiger charge is -2.37. The van der Waals surface area contributed by atoms with Gasteiger partial charge in [0.2, 0.25) is 5.91 Å². The highest BCUT2D eigenvalue weighted by Gasteiger charge is 2.36. The van der Waals surface area contributed by atoms with Gasteiger partial charge in [-0.25, -0.2) is 0 Å². The summed E-state index contributed by atoms with van der Waals surface area (Å²) in [7, 11) is 1.73. The number of benzene rings is 1. The van der Waals surface area contributed by atoms with E-state index in [4.69, 9.17) is 16.3 Å². The molecule has 1 aliphatic rings. The van der Waals surface area contributed by atoms with Crippen molar-refractivity contribution in [3.63, 3.8) is 0 Å². The van der Waals surface area contributed by atoms with Crippen LogP contribution in [0.1, 0.15) is 32.3 Å². The quantitative estimate of drug-likeness (QED) is 0.856. The molecule has 1 heterocycles. The summed E-state index contributed by atoms with van der Waals surface area (Å²) in [4.78, 5) is 14.7. The average molecular weight is 296 g/mol. The first-order chi connectivity index (χ1) is 9.46. The number of methoxy groups -OCH3 is 1.